The maximum absolute atomic E-state index is 9.78. The number of aliphatic hydroxyl groups is 2. The van der Waals surface area contributed by atoms with E-state index in [9.17, 15) is 5.11 Å². The van der Waals surface area contributed by atoms with Gasteiger partial charge in [0.05, 0.1) is 6.61 Å². The Morgan fingerprint density at radius 1 is 1.21 bits per heavy atom. The minimum absolute atomic E-state index is 0.204. The molecule has 3 saturated heterocycles. The molecule has 6 heteroatoms. The Bertz CT molecular complexity index is 256. The van der Waals surface area contributed by atoms with Crippen molar-refractivity contribution in [1.82, 2.24) is 0 Å². The number of ether oxygens (including phenoxy) is 4. The van der Waals surface area contributed by atoms with E-state index in [2.05, 4.69) is 0 Å². The van der Waals surface area contributed by atoms with Crippen LogP contribution in [0.25, 0.3) is 0 Å². The van der Waals surface area contributed by atoms with Crippen LogP contribution in [-0.4, -0.2) is 53.5 Å². The Morgan fingerprint density at radius 3 is 2.64 bits per heavy atom. The first-order chi connectivity index (χ1) is 6.63. The number of fused-ring (bicyclic) bond motifs is 2. The van der Waals surface area contributed by atoms with Gasteiger partial charge in [0.25, 0.3) is 5.97 Å². The van der Waals surface area contributed by atoms with Crippen LogP contribution in [0.15, 0.2) is 0 Å². The molecule has 0 aromatic carbocycles. The summed E-state index contributed by atoms with van der Waals surface area (Å²) in [4.78, 5) is 0. The highest BCUT2D eigenvalue weighted by molar-refractivity contribution is 4.98. The van der Waals surface area contributed by atoms with Gasteiger partial charge in [-0.25, -0.2) is 0 Å². The van der Waals surface area contributed by atoms with E-state index in [-0.39, 0.29) is 6.61 Å². The van der Waals surface area contributed by atoms with Gasteiger partial charge in [0.1, 0.15) is 24.4 Å². The molecule has 0 radical (unpaired) electrons. The fraction of sp³-hybridized carbons (Fsp3) is 1.00. The fourth-order valence-electron chi connectivity index (χ4n) is 2.20. The minimum atomic E-state index is -1.14. The first-order valence-electron chi connectivity index (χ1n) is 4.61. The molecule has 0 aromatic heterocycles. The summed E-state index contributed by atoms with van der Waals surface area (Å²) in [6, 6.07) is 0. The largest absolute Gasteiger partial charge is 0.394 e. The molecular weight excluding hydrogens is 192 g/mol. The highest BCUT2D eigenvalue weighted by atomic mass is 17.0. The monoisotopic (exact) mass is 204 g/mol. The molecule has 6 atom stereocenters. The van der Waals surface area contributed by atoms with E-state index in [1.165, 1.54) is 0 Å². The Labute approximate surface area is 80.3 Å². The summed E-state index contributed by atoms with van der Waals surface area (Å²) in [5, 5.41) is 18.8. The molecule has 2 N–H and O–H groups in total. The molecule has 3 bridgehead atoms. The molecule has 3 heterocycles. The SMILES string of the molecule is CC12OC3[C@H](OC(CO)[C@@H](O1)[C@H]3O)O2. The summed E-state index contributed by atoms with van der Waals surface area (Å²) >= 11 is 0. The highest BCUT2D eigenvalue weighted by Gasteiger charge is 2.63. The zero-order valence-corrected chi connectivity index (χ0v) is 7.62. The standard InChI is InChI=1S/C8H12O6/c1-8-12-5-3(2-9)11-7(14-8)6(13-8)4(5)10/h3-7,9-10H,2H2,1H3/t3?,4-,5-,6?,7-,8?/m1/s1. The van der Waals surface area contributed by atoms with Gasteiger partial charge >= 0.3 is 0 Å². The van der Waals surface area contributed by atoms with Crippen molar-refractivity contribution in [2.45, 2.75) is 43.6 Å². The molecule has 3 unspecified atom stereocenters. The smallest absolute Gasteiger partial charge is 0.283 e. The second-order valence-corrected chi connectivity index (χ2v) is 3.86. The van der Waals surface area contributed by atoms with E-state index >= 15 is 0 Å². The number of hydrogen-bond donors (Lipinski definition) is 2. The minimum Gasteiger partial charge on any atom is -0.394 e. The summed E-state index contributed by atoms with van der Waals surface area (Å²) in [7, 11) is 0. The van der Waals surface area contributed by atoms with Gasteiger partial charge < -0.3 is 24.4 Å². The zero-order chi connectivity index (χ0) is 9.92. The molecule has 0 spiro atoms. The Balaban J connectivity index is 1.94. The molecule has 3 rings (SSSR count). The van der Waals surface area contributed by atoms with Crippen molar-refractivity contribution < 1.29 is 29.2 Å². The fourth-order valence-corrected chi connectivity index (χ4v) is 2.20. The van der Waals surface area contributed by atoms with Gasteiger partial charge in [-0.05, 0) is 0 Å². The summed E-state index contributed by atoms with van der Waals surface area (Å²) in [6.45, 7) is 1.42. The number of aliphatic hydroxyl groups excluding tert-OH is 2. The summed E-state index contributed by atoms with van der Waals surface area (Å²) in [6.07, 6.45) is -3.09. The van der Waals surface area contributed by atoms with Crippen LogP contribution in [0.2, 0.25) is 0 Å². The van der Waals surface area contributed by atoms with E-state index < -0.39 is 36.7 Å². The van der Waals surface area contributed by atoms with Crippen molar-refractivity contribution in [2.24, 2.45) is 0 Å². The second-order valence-electron chi connectivity index (χ2n) is 3.86. The average Bonchev–Trinajstić information content (AvgIpc) is 2.33. The Kier molecular flexibility index (Phi) is 1.71. The van der Waals surface area contributed by atoms with Crippen molar-refractivity contribution in [2.75, 3.05) is 6.61 Å². The third-order valence-electron chi connectivity index (χ3n) is 2.83. The summed E-state index contributed by atoms with van der Waals surface area (Å²) < 4.78 is 21.4. The van der Waals surface area contributed by atoms with Gasteiger partial charge in [-0.2, -0.15) is 0 Å². The number of rotatable bonds is 1. The lowest BCUT2D eigenvalue weighted by Gasteiger charge is -2.42. The average molecular weight is 204 g/mol. The molecule has 0 amide bonds. The lowest BCUT2D eigenvalue weighted by Crippen LogP contribution is -2.61. The van der Waals surface area contributed by atoms with E-state index in [1.807, 2.05) is 0 Å². The Morgan fingerprint density at radius 2 is 1.93 bits per heavy atom. The highest BCUT2D eigenvalue weighted by Crippen LogP contribution is 2.44. The summed E-state index contributed by atoms with van der Waals surface area (Å²) in [5.74, 6) is -1.14. The van der Waals surface area contributed by atoms with Crippen molar-refractivity contribution >= 4 is 0 Å². The number of hydrogen-bond acceptors (Lipinski definition) is 6. The molecule has 6 nitrogen and oxygen atoms in total. The second kappa shape index (κ2) is 2.66. The normalized spacial score (nSPS) is 60.6. The maximum Gasteiger partial charge on any atom is 0.283 e. The first kappa shape index (κ1) is 9.02. The van der Waals surface area contributed by atoms with Gasteiger partial charge in [0.15, 0.2) is 6.29 Å². The van der Waals surface area contributed by atoms with Crippen molar-refractivity contribution in [3.63, 3.8) is 0 Å². The van der Waals surface area contributed by atoms with Gasteiger partial charge in [-0.1, -0.05) is 0 Å². The molecule has 3 aliphatic rings. The molecular formula is C8H12O6. The van der Waals surface area contributed by atoms with E-state index in [1.54, 1.807) is 6.92 Å². The van der Waals surface area contributed by atoms with Gasteiger partial charge in [0.2, 0.25) is 0 Å². The molecule has 3 aliphatic heterocycles. The van der Waals surface area contributed by atoms with E-state index in [0.717, 1.165) is 0 Å². The zero-order valence-electron chi connectivity index (χ0n) is 7.62. The molecule has 0 aliphatic carbocycles. The molecule has 80 valence electrons. The van der Waals surface area contributed by atoms with Gasteiger partial charge in [-0.15, -0.1) is 0 Å². The van der Waals surface area contributed by atoms with Crippen LogP contribution >= 0.6 is 0 Å². The van der Waals surface area contributed by atoms with Crippen LogP contribution in [0.4, 0.5) is 0 Å². The maximum atomic E-state index is 9.78. The van der Waals surface area contributed by atoms with Gasteiger partial charge in [-0.3, -0.25) is 4.74 Å². The van der Waals surface area contributed by atoms with Crippen LogP contribution in [0.1, 0.15) is 6.92 Å². The van der Waals surface area contributed by atoms with Crippen molar-refractivity contribution in [3.05, 3.63) is 0 Å². The lowest BCUT2D eigenvalue weighted by molar-refractivity contribution is -0.382. The van der Waals surface area contributed by atoms with Crippen molar-refractivity contribution in [1.29, 1.82) is 0 Å². The van der Waals surface area contributed by atoms with E-state index in [0.29, 0.717) is 0 Å². The third kappa shape index (κ3) is 1.01. The predicted octanol–water partition coefficient (Wildman–Crippen LogP) is -1.45. The van der Waals surface area contributed by atoms with E-state index in [4.69, 9.17) is 24.1 Å². The van der Waals surface area contributed by atoms with Crippen LogP contribution in [0.3, 0.4) is 0 Å². The lowest BCUT2D eigenvalue weighted by atomic mass is 9.98. The first-order valence-corrected chi connectivity index (χ1v) is 4.61. The topological polar surface area (TPSA) is 77.4 Å². The molecule has 0 saturated carbocycles. The van der Waals surface area contributed by atoms with Gasteiger partial charge in [0, 0.05) is 6.92 Å². The Hall–Kier alpha value is -0.240. The quantitative estimate of drug-likeness (QED) is 0.544. The summed E-state index contributed by atoms with van der Waals surface area (Å²) in [5.41, 5.74) is 0. The third-order valence-corrected chi connectivity index (χ3v) is 2.83. The molecule has 3 fully saturated rings. The van der Waals surface area contributed by atoms with Crippen LogP contribution < -0.4 is 0 Å². The van der Waals surface area contributed by atoms with Crippen molar-refractivity contribution in [3.8, 4) is 0 Å². The van der Waals surface area contributed by atoms with Crippen LogP contribution in [-0.2, 0) is 18.9 Å². The predicted molar refractivity (Wildman–Crippen MR) is 41.0 cm³/mol. The molecule has 0 aromatic rings. The van der Waals surface area contributed by atoms with Crippen LogP contribution in [0.5, 0.6) is 0 Å². The van der Waals surface area contributed by atoms with Crippen LogP contribution in [0, 0.1) is 0 Å². The molecule has 14 heavy (non-hydrogen) atoms.